The maximum atomic E-state index is 12.3. The molecule has 0 aromatic heterocycles. The van der Waals surface area contributed by atoms with Gasteiger partial charge in [-0.1, -0.05) is 37.3 Å². The lowest BCUT2D eigenvalue weighted by atomic mass is 10.1. The summed E-state index contributed by atoms with van der Waals surface area (Å²) in [7, 11) is -1.22. The largest absolute Gasteiger partial charge is 0.306 e. The maximum absolute atomic E-state index is 12.3. The minimum absolute atomic E-state index is 0.440. The molecule has 116 valence electrons. The van der Waals surface area contributed by atoms with E-state index in [9.17, 15) is 8.42 Å². The molecule has 0 saturated carbocycles. The molecule has 2 rings (SSSR count). The molecule has 1 aliphatic heterocycles. The highest BCUT2D eigenvalue weighted by atomic mass is 32.2. The van der Waals surface area contributed by atoms with Crippen LogP contribution in [0.15, 0.2) is 35.7 Å². The van der Waals surface area contributed by atoms with E-state index in [0.717, 1.165) is 25.1 Å². The van der Waals surface area contributed by atoms with Crippen LogP contribution in [-0.2, 0) is 10.0 Å². The minimum Gasteiger partial charge on any atom is -0.306 e. The Balaban J connectivity index is 1.96. The lowest BCUT2D eigenvalue weighted by molar-refractivity contribution is 0.293. The summed E-state index contributed by atoms with van der Waals surface area (Å²) in [5.41, 5.74) is 0.905. The third-order valence-electron chi connectivity index (χ3n) is 3.95. The molecule has 1 fully saturated rings. The number of hydrogen-bond acceptors (Lipinski definition) is 3. The summed E-state index contributed by atoms with van der Waals surface area (Å²) < 4.78 is 26.3. The van der Waals surface area contributed by atoms with Crippen molar-refractivity contribution in [3.63, 3.8) is 0 Å². The Morgan fingerprint density at radius 2 is 2.05 bits per heavy atom. The quantitative estimate of drug-likeness (QED) is 0.809. The van der Waals surface area contributed by atoms with Crippen LogP contribution in [0.2, 0.25) is 0 Å². The van der Waals surface area contributed by atoms with Crippen molar-refractivity contribution in [2.75, 3.05) is 33.2 Å². The zero-order chi connectivity index (χ0) is 15.3. The lowest BCUT2D eigenvalue weighted by Crippen LogP contribution is -2.30. The molecule has 21 heavy (non-hydrogen) atoms. The van der Waals surface area contributed by atoms with Gasteiger partial charge < -0.3 is 4.90 Å². The summed E-state index contributed by atoms with van der Waals surface area (Å²) in [5, 5.41) is 1.33. The average molecular weight is 308 g/mol. The van der Waals surface area contributed by atoms with E-state index >= 15 is 0 Å². The number of rotatable bonds is 6. The Hall–Kier alpha value is -1.17. The van der Waals surface area contributed by atoms with Crippen LogP contribution in [0.1, 0.15) is 18.9 Å². The molecule has 0 aliphatic carbocycles. The van der Waals surface area contributed by atoms with Crippen molar-refractivity contribution in [3.8, 4) is 0 Å². The van der Waals surface area contributed by atoms with Gasteiger partial charge in [0, 0.05) is 25.0 Å². The predicted octanol–water partition coefficient (Wildman–Crippen LogP) is 2.26. The van der Waals surface area contributed by atoms with Crippen molar-refractivity contribution in [2.45, 2.75) is 13.3 Å². The molecule has 4 nitrogen and oxygen atoms in total. The molecule has 1 aromatic carbocycles. The van der Waals surface area contributed by atoms with Crippen molar-refractivity contribution in [1.29, 1.82) is 0 Å². The van der Waals surface area contributed by atoms with Gasteiger partial charge in [0.2, 0.25) is 10.0 Å². The zero-order valence-electron chi connectivity index (χ0n) is 12.8. The highest BCUT2D eigenvalue weighted by Crippen LogP contribution is 2.21. The Bertz CT molecular complexity index is 569. The summed E-state index contributed by atoms with van der Waals surface area (Å²) in [4.78, 5) is 2.24. The normalized spacial score (nSPS) is 20.6. The van der Waals surface area contributed by atoms with Gasteiger partial charge in [0.25, 0.3) is 0 Å². The second kappa shape index (κ2) is 7.20. The first-order valence-electron chi connectivity index (χ1n) is 7.43. The van der Waals surface area contributed by atoms with Crippen molar-refractivity contribution < 1.29 is 8.42 Å². The van der Waals surface area contributed by atoms with Gasteiger partial charge in [-0.15, -0.1) is 0 Å². The first-order chi connectivity index (χ1) is 10.0. The van der Waals surface area contributed by atoms with Crippen LogP contribution >= 0.6 is 0 Å². The van der Waals surface area contributed by atoms with Crippen LogP contribution in [-0.4, -0.2) is 50.8 Å². The Kier molecular flexibility index (Phi) is 5.56. The monoisotopic (exact) mass is 308 g/mol. The summed E-state index contributed by atoms with van der Waals surface area (Å²) >= 11 is 0. The van der Waals surface area contributed by atoms with E-state index in [2.05, 4.69) is 18.9 Å². The van der Waals surface area contributed by atoms with Crippen molar-refractivity contribution in [3.05, 3.63) is 41.3 Å². The van der Waals surface area contributed by atoms with E-state index in [1.165, 1.54) is 5.41 Å². The van der Waals surface area contributed by atoms with E-state index < -0.39 is 10.0 Å². The summed E-state index contributed by atoms with van der Waals surface area (Å²) in [6, 6.07) is 9.52. The highest BCUT2D eigenvalue weighted by Gasteiger charge is 2.30. The fourth-order valence-corrected chi connectivity index (χ4v) is 3.84. The number of nitrogens with zero attached hydrogens (tertiary/aromatic N) is 2. The Morgan fingerprint density at radius 1 is 1.33 bits per heavy atom. The molecule has 0 N–H and O–H groups in total. The summed E-state index contributed by atoms with van der Waals surface area (Å²) in [6.45, 7) is 5.34. The first-order valence-corrected chi connectivity index (χ1v) is 8.93. The summed E-state index contributed by atoms with van der Waals surface area (Å²) in [5.74, 6) is 0.440. The van der Waals surface area contributed by atoms with Gasteiger partial charge in [-0.3, -0.25) is 0 Å². The maximum Gasteiger partial charge on any atom is 0.236 e. The van der Waals surface area contributed by atoms with E-state index in [0.29, 0.717) is 19.0 Å². The van der Waals surface area contributed by atoms with E-state index in [4.69, 9.17) is 0 Å². The molecule has 1 saturated heterocycles. The topological polar surface area (TPSA) is 40.6 Å². The molecule has 0 spiro atoms. The lowest BCUT2D eigenvalue weighted by Gasteiger charge is -2.19. The van der Waals surface area contributed by atoms with E-state index in [1.807, 2.05) is 30.3 Å². The van der Waals surface area contributed by atoms with Gasteiger partial charge in [0.15, 0.2) is 0 Å². The third-order valence-corrected chi connectivity index (χ3v) is 5.48. The van der Waals surface area contributed by atoms with Gasteiger partial charge >= 0.3 is 0 Å². The standard InChI is InChI=1S/C16H24N2O2S/c1-3-17(2)13-16-9-11-18(14-16)21(19,20)12-10-15-7-5-4-6-8-15/h4-8,10,12,16H,3,9,11,13-14H2,1-2H3/b12-10-/t16-/m0/s1. The van der Waals surface area contributed by atoms with Crippen LogP contribution in [0.25, 0.3) is 6.08 Å². The zero-order valence-corrected chi connectivity index (χ0v) is 13.6. The van der Waals surface area contributed by atoms with E-state index in [-0.39, 0.29) is 0 Å². The van der Waals surface area contributed by atoms with Crippen molar-refractivity contribution in [1.82, 2.24) is 9.21 Å². The molecule has 0 amide bonds. The third kappa shape index (κ3) is 4.66. The molecule has 1 heterocycles. The SMILES string of the molecule is CCN(C)C[C@@H]1CCN(S(=O)(=O)/C=C\c2ccccc2)C1. The van der Waals surface area contributed by atoms with Gasteiger partial charge in [-0.2, -0.15) is 4.31 Å². The van der Waals surface area contributed by atoms with E-state index in [1.54, 1.807) is 10.4 Å². The summed E-state index contributed by atoms with van der Waals surface area (Å²) in [6.07, 6.45) is 2.61. The number of hydrogen-bond donors (Lipinski definition) is 0. The molecule has 1 aliphatic rings. The van der Waals surface area contributed by atoms with Gasteiger partial charge in [-0.25, -0.2) is 8.42 Å². The number of sulfonamides is 1. The molecule has 1 aromatic rings. The smallest absolute Gasteiger partial charge is 0.236 e. The van der Waals surface area contributed by atoms with Crippen LogP contribution in [0.4, 0.5) is 0 Å². The van der Waals surface area contributed by atoms with Gasteiger partial charge in [-0.05, 0) is 37.6 Å². The molecule has 1 atom stereocenters. The molecule has 0 unspecified atom stereocenters. The second-order valence-electron chi connectivity index (χ2n) is 5.63. The molecule has 0 radical (unpaired) electrons. The van der Waals surface area contributed by atoms with Crippen molar-refractivity contribution >= 4 is 16.1 Å². The Morgan fingerprint density at radius 3 is 2.71 bits per heavy atom. The predicted molar refractivity (Wildman–Crippen MR) is 87.2 cm³/mol. The first kappa shape index (κ1) is 16.2. The van der Waals surface area contributed by atoms with Crippen LogP contribution in [0, 0.1) is 5.92 Å². The average Bonchev–Trinajstić information content (AvgIpc) is 2.95. The molecular formula is C16H24N2O2S. The Labute approximate surface area is 128 Å². The fourth-order valence-electron chi connectivity index (χ4n) is 2.56. The minimum atomic E-state index is -3.30. The van der Waals surface area contributed by atoms with Gasteiger partial charge in [0.1, 0.15) is 0 Å². The van der Waals surface area contributed by atoms with Crippen LogP contribution in [0.3, 0.4) is 0 Å². The molecule has 5 heteroatoms. The fraction of sp³-hybridized carbons (Fsp3) is 0.500. The second-order valence-corrected chi connectivity index (χ2v) is 7.44. The molecule has 0 bridgehead atoms. The number of benzene rings is 1. The molecular weight excluding hydrogens is 284 g/mol. The van der Waals surface area contributed by atoms with Crippen molar-refractivity contribution in [2.24, 2.45) is 5.92 Å². The van der Waals surface area contributed by atoms with Crippen LogP contribution < -0.4 is 0 Å². The highest BCUT2D eigenvalue weighted by molar-refractivity contribution is 7.92. The van der Waals surface area contributed by atoms with Crippen LogP contribution in [0.5, 0.6) is 0 Å². The van der Waals surface area contributed by atoms with Gasteiger partial charge in [0.05, 0.1) is 0 Å².